The second-order valence-electron chi connectivity index (χ2n) is 7.38. The van der Waals surface area contributed by atoms with Crippen LogP contribution in [0, 0.1) is 0 Å². The zero-order chi connectivity index (χ0) is 16.7. The van der Waals surface area contributed by atoms with Gasteiger partial charge in [0.2, 0.25) is 0 Å². The largest absolute Gasteiger partial charge is 0.248 e. The summed E-state index contributed by atoms with van der Waals surface area (Å²) in [7, 11) is 0. The number of nitrogens with zero attached hydrogens (tertiary/aromatic N) is 1. The van der Waals surface area contributed by atoms with Crippen molar-refractivity contribution in [2.45, 2.75) is 26.2 Å². The maximum atomic E-state index is 4.97. The summed E-state index contributed by atoms with van der Waals surface area (Å²) in [4.78, 5) is 4.97. The topological polar surface area (TPSA) is 12.9 Å². The van der Waals surface area contributed by atoms with E-state index in [2.05, 4.69) is 93.6 Å². The van der Waals surface area contributed by atoms with E-state index >= 15 is 0 Å². The standard InChI is InChI=1S/C23H21N/c1-23(2,3)18-13-11-17-12-14-21(24-22(17)15-18)20-10-6-8-16-7-4-5-9-19(16)20/h4-15H,1-3H3. The molecular formula is C23H21N. The molecule has 118 valence electrons. The average Bonchev–Trinajstić information content (AvgIpc) is 2.59. The van der Waals surface area contributed by atoms with E-state index in [4.69, 9.17) is 4.98 Å². The molecule has 0 N–H and O–H groups in total. The summed E-state index contributed by atoms with van der Waals surface area (Å²) >= 11 is 0. The molecule has 3 aromatic carbocycles. The van der Waals surface area contributed by atoms with Crippen molar-refractivity contribution in [3.63, 3.8) is 0 Å². The van der Waals surface area contributed by atoms with Crippen LogP contribution < -0.4 is 0 Å². The van der Waals surface area contributed by atoms with Crippen molar-refractivity contribution in [3.8, 4) is 11.3 Å². The van der Waals surface area contributed by atoms with Crippen LogP contribution in [0.2, 0.25) is 0 Å². The van der Waals surface area contributed by atoms with Gasteiger partial charge < -0.3 is 0 Å². The van der Waals surface area contributed by atoms with Crippen LogP contribution in [0.4, 0.5) is 0 Å². The molecule has 1 heteroatoms. The molecule has 0 atom stereocenters. The normalized spacial score (nSPS) is 12.0. The van der Waals surface area contributed by atoms with Crippen LogP contribution in [0.15, 0.2) is 72.8 Å². The Morgan fingerprint density at radius 2 is 1.46 bits per heavy atom. The van der Waals surface area contributed by atoms with E-state index in [1.807, 2.05) is 0 Å². The first-order chi connectivity index (χ1) is 11.5. The van der Waals surface area contributed by atoms with Crippen molar-refractivity contribution in [1.82, 2.24) is 4.98 Å². The smallest absolute Gasteiger partial charge is 0.0715 e. The van der Waals surface area contributed by atoms with Crippen molar-refractivity contribution in [3.05, 3.63) is 78.4 Å². The Kier molecular flexibility index (Phi) is 3.38. The Hall–Kier alpha value is -2.67. The van der Waals surface area contributed by atoms with Crippen molar-refractivity contribution in [2.75, 3.05) is 0 Å². The molecule has 0 fully saturated rings. The van der Waals surface area contributed by atoms with Crippen LogP contribution in [0.3, 0.4) is 0 Å². The third-order valence-corrected chi connectivity index (χ3v) is 4.62. The Labute approximate surface area is 143 Å². The van der Waals surface area contributed by atoms with Gasteiger partial charge in [0, 0.05) is 10.9 Å². The molecule has 0 aliphatic rings. The number of pyridine rings is 1. The second kappa shape index (κ2) is 5.45. The molecule has 0 radical (unpaired) electrons. The molecule has 0 unspecified atom stereocenters. The first-order valence-corrected chi connectivity index (χ1v) is 8.42. The van der Waals surface area contributed by atoms with Crippen LogP contribution >= 0.6 is 0 Å². The molecule has 4 rings (SSSR count). The van der Waals surface area contributed by atoms with Gasteiger partial charge in [0.25, 0.3) is 0 Å². The van der Waals surface area contributed by atoms with Crippen LogP contribution in [0.1, 0.15) is 26.3 Å². The fourth-order valence-electron chi connectivity index (χ4n) is 3.18. The van der Waals surface area contributed by atoms with E-state index in [1.54, 1.807) is 0 Å². The van der Waals surface area contributed by atoms with Crippen LogP contribution in [-0.4, -0.2) is 4.98 Å². The van der Waals surface area contributed by atoms with Gasteiger partial charge in [-0.1, -0.05) is 81.4 Å². The SMILES string of the molecule is CC(C)(C)c1ccc2ccc(-c3cccc4ccccc34)nc2c1. The van der Waals surface area contributed by atoms with Gasteiger partial charge in [-0.05, 0) is 33.9 Å². The summed E-state index contributed by atoms with van der Waals surface area (Å²) < 4.78 is 0. The molecule has 0 aliphatic carbocycles. The van der Waals surface area contributed by atoms with Gasteiger partial charge in [-0.25, -0.2) is 4.98 Å². The molecule has 0 saturated carbocycles. The van der Waals surface area contributed by atoms with Gasteiger partial charge >= 0.3 is 0 Å². The predicted molar refractivity (Wildman–Crippen MR) is 103 cm³/mol. The summed E-state index contributed by atoms with van der Waals surface area (Å²) in [6.07, 6.45) is 0. The minimum Gasteiger partial charge on any atom is -0.248 e. The molecule has 1 nitrogen and oxygen atoms in total. The Morgan fingerprint density at radius 3 is 2.29 bits per heavy atom. The minimum absolute atomic E-state index is 0.130. The number of benzene rings is 3. The van der Waals surface area contributed by atoms with Crippen molar-refractivity contribution in [2.24, 2.45) is 0 Å². The summed E-state index contributed by atoms with van der Waals surface area (Å²) in [6.45, 7) is 6.72. The third kappa shape index (κ3) is 2.56. The van der Waals surface area contributed by atoms with E-state index in [0.29, 0.717) is 0 Å². The highest BCUT2D eigenvalue weighted by atomic mass is 14.7. The fraction of sp³-hybridized carbons (Fsp3) is 0.174. The van der Waals surface area contributed by atoms with Crippen LogP contribution in [-0.2, 0) is 5.41 Å². The Morgan fingerprint density at radius 1 is 0.708 bits per heavy atom. The number of rotatable bonds is 1. The van der Waals surface area contributed by atoms with E-state index in [1.165, 1.54) is 27.3 Å². The summed E-state index contributed by atoms with van der Waals surface area (Å²) in [6, 6.07) is 25.8. The lowest BCUT2D eigenvalue weighted by Gasteiger charge is -2.19. The number of hydrogen-bond donors (Lipinski definition) is 0. The average molecular weight is 311 g/mol. The molecule has 1 aromatic heterocycles. The van der Waals surface area contributed by atoms with Gasteiger partial charge in [0.1, 0.15) is 0 Å². The maximum absolute atomic E-state index is 4.97. The third-order valence-electron chi connectivity index (χ3n) is 4.62. The first-order valence-electron chi connectivity index (χ1n) is 8.42. The van der Waals surface area contributed by atoms with Gasteiger partial charge in [0.05, 0.1) is 11.2 Å². The molecule has 24 heavy (non-hydrogen) atoms. The van der Waals surface area contributed by atoms with Crippen LogP contribution in [0.5, 0.6) is 0 Å². The number of aromatic nitrogens is 1. The quantitative estimate of drug-likeness (QED) is 0.399. The van der Waals surface area contributed by atoms with Crippen molar-refractivity contribution >= 4 is 21.7 Å². The number of fused-ring (bicyclic) bond motifs is 2. The monoisotopic (exact) mass is 311 g/mol. The van der Waals surface area contributed by atoms with E-state index in [9.17, 15) is 0 Å². The zero-order valence-electron chi connectivity index (χ0n) is 14.4. The highest BCUT2D eigenvalue weighted by Gasteiger charge is 2.14. The molecule has 0 aliphatic heterocycles. The van der Waals surface area contributed by atoms with Crippen molar-refractivity contribution in [1.29, 1.82) is 0 Å². The Bertz CT molecular complexity index is 1030. The molecule has 0 bridgehead atoms. The maximum Gasteiger partial charge on any atom is 0.0715 e. The molecule has 0 saturated heterocycles. The zero-order valence-corrected chi connectivity index (χ0v) is 14.4. The van der Waals surface area contributed by atoms with Gasteiger partial charge in [-0.2, -0.15) is 0 Å². The summed E-state index contributed by atoms with van der Waals surface area (Å²) in [5.41, 5.74) is 4.73. The van der Waals surface area contributed by atoms with E-state index in [-0.39, 0.29) is 5.41 Å². The highest BCUT2D eigenvalue weighted by molar-refractivity contribution is 5.96. The predicted octanol–water partition coefficient (Wildman–Crippen LogP) is 6.35. The van der Waals surface area contributed by atoms with E-state index < -0.39 is 0 Å². The van der Waals surface area contributed by atoms with Gasteiger partial charge in [-0.3, -0.25) is 0 Å². The van der Waals surface area contributed by atoms with Crippen LogP contribution in [0.25, 0.3) is 32.9 Å². The van der Waals surface area contributed by atoms with Gasteiger partial charge in [-0.15, -0.1) is 0 Å². The Balaban J connectivity index is 1.93. The fourth-order valence-corrected chi connectivity index (χ4v) is 3.18. The molecule has 1 heterocycles. The lowest BCUT2D eigenvalue weighted by Crippen LogP contribution is -2.10. The minimum atomic E-state index is 0.130. The molecule has 4 aromatic rings. The first kappa shape index (κ1) is 14.9. The second-order valence-corrected chi connectivity index (χ2v) is 7.38. The lowest BCUT2D eigenvalue weighted by atomic mass is 9.86. The van der Waals surface area contributed by atoms with E-state index in [0.717, 1.165) is 11.2 Å². The van der Waals surface area contributed by atoms with Crippen molar-refractivity contribution < 1.29 is 0 Å². The molecular weight excluding hydrogens is 290 g/mol. The number of hydrogen-bond acceptors (Lipinski definition) is 1. The van der Waals surface area contributed by atoms with Gasteiger partial charge in [0.15, 0.2) is 0 Å². The lowest BCUT2D eigenvalue weighted by molar-refractivity contribution is 0.591. The molecule has 0 amide bonds. The highest BCUT2D eigenvalue weighted by Crippen LogP contribution is 2.30. The summed E-state index contributed by atoms with van der Waals surface area (Å²) in [5.74, 6) is 0. The summed E-state index contributed by atoms with van der Waals surface area (Å²) in [5, 5.41) is 3.69. The molecule has 0 spiro atoms.